The predicted molar refractivity (Wildman–Crippen MR) is 57.0 cm³/mol. The van der Waals surface area contributed by atoms with E-state index >= 15 is 0 Å². The number of ether oxygens (including phenoxy) is 1. The lowest BCUT2D eigenvalue weighted by atomic mass is 10.0. The van der Waals surface area contributed by atoms with Crippen LogP contribution in [-0.4, -0.2) is 12.8 Å². The summed E-state index contributed by atoms with van der Waals surface area (Å²) < 4.78 is 5.11. The van der Waals surface area contributed by atoms with Crippen LogP contribution in [0.4, 0.5) is 5.69 Å². The van der Waals surface area contributed by atoms with Crippen LogP contribution in [0.5, 0.6) is 5.75 Å². The van der Waals surface area contributed by atoms with Crippen LogP contribution >= 0.6 is 0 Å². The van der Waals surface area contributed by atoms with Crippen LogP contribution in [0.25, 0.3) is 0 Å². The van der Waals surface area contributed by atoms with E-state index in [0.29, 0.717) is 17.3 Å². The van der Waals surface area contributed by atoms with E-state index < -0.39 is 0 Å². The third-order valence-electron chi connectivity index (χ3n) is 2.54. The van der Waals surface area contributed by atoms with E-state index in [2.05, 4.69) is 0 Å². The Morgan fingerprint density at radius 3 is 2.79 bits per heavy atom. The van der Waals surface area contributed by atoms with Crippen molar-refractivity contribution in [3.8, 4) is 5.75 Å². The lowest BCUT2D eigenvalue weighted by molar-refractivity contribution is 0.415. The molecule has 0 aliphatic heterocycles. The number of benzene rings is 1. The first-order valence-electron chi connectivity index (χ1n) is 4.74. The van der Waals surface area contributed by atoms with Gasteiger partial charge in [0.1, 0.15) is 5.75 Å². The Kier molecular flexibility index (Phi) is 2.15. The van der Waals surface area contributed by atoms with Crippen LogP contribution < -0.4 is 10.5 Å². The van der Waals surface area contributed by atoms with Gasteiger partial charge in [-0.1, -0.05) is 0 Å². The summed E-state index contributed by atoms with van der Waals surface area (Å²) in [7, 11) is 1.62. The highest BCUT2D eigenvalue weighted by atomic mass is 16.5. The highest BCUT2D eigenvalue weighted by Gasteiger charge is 2.28. The van der Waals surface area contributed by atoms with E-state index in [1.54, 1.807) is 13.2 Å². The molecule has 14 heavy (non-hydrogen) atoms. The number of rotatable bonds is 3. The first-order valence-corrected chi connectivity index (χ1v) is 4.74. The lowest BCUT2D eigenvalue weighted by Gasteiger charge is -2.08. The van der Waals surface area contributed by atoms with E-state index in [1.165, 1.54) is 0 Å². The first kappa shape index (κ1) is 9.06. The molecule has 74 valence electrons. The maximum Gasteiger partial charge on any atom is 0.119 e. The quantitative estimate of drug-likeness (QED) is 0.566. The number of methoxy groups -OCH3 is 1. The summed E-state index contributed by atoms with van der Waals surface area (Å²) in [5.41, 5.74) is 7.96. The molecule has 1 saturated carbocycles. The van der Waals surface area contributed by atoms with Crippen LogP contribution in [0.2, 0.25) is 0 Å². The molecule has 1 fully saturated rings. The highest BCUT2D eigenvalue weighted by Crippen LogP contribution is 2.34. The van der Waals surface area contributed by atoms with Gasteiger partial charge in [0.2, 0.25) is 0 Å². The van der Waals surface area contributed by atoms with Crippen molar-refractivity contribution >= 4 is 11.4 Å². The van der Waals surface area contributed by atoms with Crippen LogP contribution in [-0.2, 0) is 0 Å². The minimum atomic E-state index is 0.421. The molecule has 0 heterocycles. The number of nitrogen functional groups attached to an aromatic ring is 1. The Morgan fingerprint density at radius 2 is 2.21 bits per heavy atom. The van der Waals surface area contributed by atoms with Crippen LogP contribution in [0.1, 0.15) is 18.4 Å². The Balaban J connectivity index is 2.34. The molecule has 0 amide bonds. The zero-order valence-electron chi connectivity index (χ0n) is 8.21. The molecule has 1 aliphatic rings. The maximum atomic E-state index is 7.92. The number of anilines is 1. The molecule has 3 heteroatoms. The first-order chi connectivity index (χ1) is 6.72. The van der Waals surface area contributed by atoms with Gasteiger partial charge in [0.05, 0.1) is 7.11 Å². The van der Waals surface area contributed by atoms with Crippen molar-refractivity contribution in [2.24, 2.45) is 5.92 Å². The van der Waals surface area contributed by atoms with Gasteiger partial charge in [0, 0.05) is 22.9 Å². The second kappa shape index (κ2) is 3.33. The minimum Gasteiger partial charge on any atom is -0.497 e. The summed E-state index contributed by atoms with van der Waals surface area (Å²) in [5, 5.41) is 7.92. The number of nitrogens with two attached hydrogens (primary N) is 1. The zero-order chi connectivity index (χ0) is 10.1. The van der Waals surface area contributed by atoms with Crippen molar-refractivity contribution in [2.45, 2.75) is 12.8 Å². The van der Waals surface area contributed by atoms with Gasteiger partial charge in [0.25, 0.3) is 0 Å². The van der Waals surface area contributed by atoms with E-state index in [1.807, 2.05) is 12.1 Å². The molecule has 3 N–H and O–H groups in total. The summed E-state index contributed by atoms with van der Waals surface area (Å²) in [6.07, 6.45) is 2.24. The fourth-order valence-corrected chi connectivity index (χ4v) is 1.49. The van der Waals surface area contributed by atoms with Crippen molar-refractivity contribution in [1.82, 2.24) is 0 Å². The number of hydrogen-bond donors (Lipinski definition) is 2. The third-order valence-corrected chi connectivity index (χ3v) is 2.54. The molecule has 2 rings (SSSR count). The lowest BCUT2D eigenvalue weighted by Crippen LogP contribution is -2.05. The molecule has 0 unspecified atom stereocenters. The van der Waals surface area contributed by atoms with Gasteiger partial charge < -0.3 is 15.9 Å². The second-order valence-corrected chi connectivity index (χ2v) is 3.64. The molecule has 0 spiro atoms. The Morgan fingerprint density at radius 1 is 1.50 bits per heavy atom. The molecule has 1 aromatic rings. The smallest absolute Gasteiger partial charge is 0.119 e. The van der Waals surface area contributed by atoms with Crippen LogP contribution in [0.15, 0.2) is 18.2 Å². The standard InChI is InChI=1S/C11H14N2O/c1-14-8-4-5-10(12)9(6-8)11(13)7-2-3-7/h4-7,13H,2-3,12H2,1H3. The average Bonchev–Trinajstić information content (AvgIpc) is 3.01. The Hall–Kier alpha value is -1.51. The fourth-order valence-electron chi connectivity index (χ4n) is 1.49. The summed E-state index contributed by atoms with van der Waals surface area (Å²) >= 11 is 0. The maximum absolute atomic E-state index is 7.92. The van der Waals surface area contributed by atoms with Gasteiger partial charge in [0.15, 0.2) is 0 Å². The topological polar surface area (TPSA) is 59.1 Å². The molecule has 0 aromatic heterocycles. The summed E-state index contributed by atoms with van der Waals surface area (Å²) in [6, 6.07) is 5.46. The minimum absolute atomic E-state index is 0.421. The second-order valence-electron chi connectivity index (χ2n) is 3.64. The summed E-state index contributed by atoms with van der Waals surface area (Å²) in [5.74, 6) is 1.18. The molecule has 1 aromatic carbocycles. The largest absolute Gasteiger partial charge is 0.497 e. The predicted octanol–water partition coefficient (Wildman–Crippen LogP) is 2.06. The summed E-state index contributed by atoms with van der Waals surface area (Å²) in [4.78, 5) is 0. The Bertz CT molecular complexity index is 370. The van der Waals surface area contributed by atoms with Crippen molar-refractivity contribution in [1.29, 1.82) is 5.41 Å². The van der Waals surface area contributed by atoms with Crippen molar-refractivity contribution in [2.75, 3.05) is 12.8 Å². The van der Waals surface area contributed by atoms with E-state index in [9.17, 15) is 0 Å². The zero-order valence-corrected chi connectivity index (χ0v) is 8.21. The van der Waals surface area contributed by atoms with Crippen molar-refractivity contribution in [3.63, 3.8) is 0 Å². The summed E-state index contributed by atoms with van der Waals surface area (Å²) in [6.45, 7) is 0. The van der Waals surface area contributed by atoms with Crippen molar-refractivity contribution in [3.05, 3.63) is 23.8 Å². The van der Waals surface area contributed by atoms with Gasteiger partial charge in [-0.3, -0.25) is 0 Å². The molecular formula is C11H14N2O. The third kappa shape index (κ3) is 1.58. The number of nitrogens with one attached hydrogen (secondary N) is 1. The van der Waals surface area contributed by atoms with Crippen LogP contribution in [0.3, 0.4) is 0 Å². The van der Waals surface area contributed by atoms with E-state index in [0.717, 1.165) is 24.2 Å². The molecule has 0 radical (unpaired) electrons. The van der Waals surface area contributed by atoms with Crippen molar-refractivity contribution < 1.29 is 4.74 Å². The van der Waals surface area contributed by atoms with E-state index in [-0.39, 0.29) is 0 Å². The molecule has 0 atom stereocenters. The average molecular weight is 190 g/mol. The normalized spacial score (nSPS) is 15.2. The van der Waals surface area contributed by atoms with E-state index in [4.69, 9.17) is 15.9 Å². The molecule has 3 nitrogen and oxygen atoms in total. The number of hydrogen-bond acceptors (Lipinski definition) is 3. The SMILES string of the molecule is COc1ccc(N)c(C(=N)C2CC2)c1. The molecule has 0 saturated heterocycles. The molecule has 1 aliphatic carbocycles. The van der Waals surface area contributed by atoms with Crippen LogP contribution in [0, 0.1) is 11.3 Å². The van der Waals surface area contributed by atoms with Gasteiger partial charge in [-0.15, -0.1) is 0 Å². The monoisotopic (exact) mass is 190 g/mol. The molecular weight excluding hydrogens is 176 g/mol. The highest BCUT2D eigenvalue weighted by molar-refractivity contribution is 6.05. The fraction of sp³-hybridized carbons (Fsp3) is 0.364. The van der Waals surface area contributed by atoms with Gasteiger partial charge in [-0.25, -0.2) is 0 Å². The van der Waals surface area contributed by atoms with Gasteiger partial charge in [-0.2, -0.15) is 0 Å². The molecule has 0 bridgehead atoms. The van der Waals surface area contributed by atoms with Gasteiger partial charge >= 0.3 is 0 Å². The Labute approximate surface area is 83.4 Å². The van der Waals surface area contributed by atoms with Gasteiger partial charge in [-0.05, 0) is 31.0 Å².